The van der Waals surface area contributed by atoms with Gasteiger partial charge in [-0.15, -0.1) is 0 Å². The molecule has 6 nitrogen and oxygen atoms in total. The highest BCUT2D eigenvalue weighted by molar-refractivity contribution is 5.70. The van der Waals surface area contributed by atoms with Crippen LogP contribution in [-0.2, 0) is 13.1 Å². The van der Waals surface area contributed by atoms with Crippen LogP contribution in [0.1, 0.15) is 41.9 Å². The molecular weight excluding hydrogens is 376 g/mol. The Morgan fingerprint density at radius 2 is 2.00 bits per heavy atom. The molecule has 3 aliphatic heterocycles. The number of pyridine rings is 1. The molecule has 0 radical (unpaired) electrons. The van der Waals surface area contributed by atoms with Crippen LogP contribution in [0.2, 0.25) is 0 Å². The van der Waals surface area contributed by atoms with E-state index in [0.29, 0.717) is 25.2 Å². The van der Waals surface area contributed by atoms with Gasteiger partial charge in [0.15, 0.2) is 0 Å². The average Bonchev–Trinajstić information content (AvgIpc) is 3.13. The summed E-state index contributed by atoms with van der Waals surface area (Å²) in [4.78, 5) is 22.8. The highest BCUT2D eigenvalue weighted by atomic mass is 16.4. The maximum absolute atomic E-state index is 11.1. The first-order valence-electron chi connectivity index (χ1n) is 10.8. The van der Waals surface area contributed by atoms with Crippen LogP contribution in [-0.4, -0.2) is 63.1 Å². The molecule has 1 N–H and O–H groups in total. The summed E-state index contributed by atoms with van der Waals surface area (Å²) in [5, 5.41) is 9.15. The number of benzene rings is 1. The van der Waals surface area contributed by atoms with Crippen molar-refractivity contribution in [3.05, 3.63) is 71.1 Å². The van der Waals surface area contributed by atoms with Gasteiger partial charge in [-0.1, -0.05) is 42.5 Å². The molecule has 3 aliphatic rings. The van der Waals surface area contributed by atoms with Gasteiger partial charge >= 0.3 is 6.09 Å². The zero-order valence-corrected chi connectivity index (χ0v) is 17.4. The van der Waals surface area contributed by atoms with Crippen LogP contribution >= 0.6 is 0 Å². The van der Waals surface area contributed by atoms with E-state index in [9.17, 15) is 4.79 Å². The second-order valence-electron chi connectivity index (χ2n) is 8.66. The van der Waals surface area contributed by atoms with Gasteiger partial charge in [0.05, 0.1) is 17.4 Å². The number of hydrogen-bond acceptors (Lipinski definition) is 4. The average molecular weight is 405 g/mol. The number of rotatable bonds is 3. The van der Waals surface area contributed by atoms with Crippen molar-refractivity contribution in [2.75, 3.05) is 26.2 Å². The maximum atomic E-state index is 11.1. The summed E-state index contributed by atoms with van der Waals surface area (Å²) in [6, 6.07) is 16.0. The lowest BCUT2D eigenvalue weighted by Gasteiger charge is -2.42. The number of nitrogens with zero attached hydrogens (tertiary/aromatic N) is 4. The molecule has 0 saturated carbocycles. The number of carbonyl (C=O) groups is 1. The Bertz CT molecular complexity index is 974. The van der Waals surface area contributed by atoms with Crippen LogP contribution in [0.4, 0.5) is 4.79 Å². The summed E-state index contributed by atoms with van der Waals surface area (Å²) in [5.41, 5.74) is 6.08. The minimum Gasteiger partial charge on any atom is -0.465 e. The Hall–Kier alpha value is -2.70. The second-order valence-corrected chi connectivity index (χ2v) is 8.66. The highest BCUT2D eigenvalue weighted by Gasteiger charge is 2.39. The van der Waals surface area contributed by atoms with Gasteiger partial charge in [0.25, 0.3) is 0 Å². The topological polar surface area (TPSA) is 59.9 Å². The van der Waals surface area contributed by atoms with E-state index in [4.69, 9.17) is 10.1 Å². The molecule has 156 valence electrons. The van der Waals surface area contributed by atoms with Crippen molar-refractivity contribution in [1.29, 1.82) is 0 Å². The highest BCUT2D eigenvalue weighted by Crippen LogP contribution is 2.39. The summed E-state index contributed by atoms with van der Waals surface area (Å²) < 4.78 is 0. The minimum absolute atomic E-state index is 0.400. The lowest BCUT2D eigenvalue weighted by atomic mass is 10.00. The maximum Gasteiger partial charge on any atom is 0.407 e. The summed E-state index contributed by atoms with van der Waals surface area (Å²) in [5.74, 6) is 0. The first-order chi connectivity index (χ1) is 14.6. The number of aromatic nitrogens is 1. The summed E-state index contributed by atoms with van der Waals surface area (Å²) in [7, 11) is 0. The molecule has 1 aromatic heterocycles. The lowest BCUT2D eigenvalue weighted by Crippen LogP contribution is -2.50. The molecule has 2 atom stereocenters. The van der Waals surface area contributed by atoms with E-state index in [0.717, 1.165) is 38.3 Å². The third-order valence-electron chi connectivity index (χ3n) is 6.68. The summed E-state index contributed by atoms with van der Waals surface area (Å²) in [6.07, 6.45) is 1.89. The van der Waals surface area contributed by atoms with Gasteiger partial charge in [-0.25, -0.2) is 4.79 Å². The predicted molar refractivity (Wildman–Crippen MR) is 116 cm³/mol. The van der Waals surface area contributed by atoms with Crippen LogP contribution in [0, 0.1) is 0 Å². The Balaban J connectivity index is 1.34. The van der Waals surface area contributed by atoms with Gasteiger partial charge < -0.3 is 10.0 Å². The molecule has 0 unspecified atom stereocenters. The number of fused-ring (bicyclic) bond motifs is 3. The molecule has 5 rings (SSSR count). The molecule has 2 aromatic rings. The number of hydrogen-bond donors (Lipinski definition) is 1. The summed E-state index contributed by atoms with van der Waals surface area (Å²) >= 11 is 0. The van der Waals surface area contributed by atoms with Crippen LogP contribution in [0.25, 0.3) is 5.57 Å². The van der Waals surface area contributed by atoms with E-state index in [1.165, 1.54) is 27.3 Å². The summed E-state index contributed by atoms with van der Waals surface area (Å²) in [6.45, 7) is 7.31. The number of carboxylic acid groups (broad SMARTS) is 1. The minimum atomic E-state index is -0.849. The molecule has 1 amide bonds. The monoisotopic (exact) mass is 404 g/mol. The van der Waals surface area contributed by atoms with Gasteiger partial charge in [-0.2, -0.15) is 0 Å². The molecular formula is C24H28N4O2. The molecule has 1 fully saturated rings. The quantitative estimate of drug-likeness (QED) is 0.847. The molecule has 6 heteroatoms. The van der Waals surface area contributed by atoms with Gasteiger partial charge in [0, 0.05) is 45.3 Å². The van der Waals surface area contributed by atoms with E-state index in [1.807, 2.05) is 6.08 Å². The normalized spacial score (nSPS) is 24.3. The first-order valence-corrected chi connectivity index (χ1v) is 10.8. The molecule has 1 aromatic carbocycles. The van der Waals surface area contributed by atoms with Crippen molar-refractivity contribution in [3.8, 4) is 0 Å². The lowest BCUT2D eigenvalue weighted by molar-refractivity contribution is 0.0336. The van der Waals surface area contributed by atoms with Crippen molar-refractivity contribution in [1.82, 2.24) is 19.7 Å². The molecule has 1 saturated heterocycles. The van der Waals surface area contributed by atoms with Gasteiger partial charge in [-0.05, 0) is 36.1 Å². The largest absolute Gasteiger partial charge is 0.465 e. The standard InChI is InChI=1S/C24H28N4O2/c1-17-13-26(14-18-5-3-2-4-6-18)16-23-20-7-8-21(25-22(20)15-28(17)23)19-9-11-27(12-10-19)24(29)30/h2-9,17,23H,10-16H2,1H3,(H,29,30)/t17-,23-/m1/s1. The van der Waals surface area contributed by atoms with Crippen molar-refractivity contribution >= 4 is 11.7 Å². The van der Waals surface area contributed by atoms with Crippen molar-refractivity contribution in [3.63, 3.8) is 0 Å². The van der Waals surface area contributed by atoms with E-state index < -0.39 is 6.09 Å². The Labute approximate surface area is 177 Å². The van der Waals surface area contributed by atoms with E-state index in [-0.39, 0.29) is 0 Å². The third-order valence-corrected chi connectivity index (χ3v) is 6.68. The van der Waals surface area contributed by atoms with E-state index in [1.54, 1.807) is 0 Å². The Morgan fingerprint density at radius 1 is 1.17 bits per heavy atom. The fourth-order valence-electron chi connectivity index (χ4n) is 5.09. The van der Waals surface area contributed by atoms with Crippen LogP contribution < -0.4 is 0 Å². The first kappa shape index (κ1) is 19.3. The molecule has 0 aliphatic carbocycles. The van der Waals surface area contributed by atoms with Crippen molar-refractivity contribution in [2.24, 2.45) is 0 Å². The number of amides is 1. The number of piperazine rings is 1. The second kappa shape index (κ2) is 7.85. The van der Waals surface area contributed by atoms with E-state index in [2.05, 4.69) is 59.2 Å². The molecule has 4 heterocycles. The van der Waals surface area contributed by atoms with Gasteiger partial charge in [0.2, 0.25) is 0 Å². The SMILES string of the molecule is C[C@@H]1CN(Cc2ccccc2)C[C@@H]2c3ccc(C4=CCN(C(=O)O)CC4)nc3CN12. The smallest absolute Gasteiger partial charge is 0.407 e. The Kier molecular flexibility index (Phi) is 5.05. The van der Waals surface area contributed by atoms with Gasteiger partial charge in [0.1, 0.15) is 0 Å². The molecule has 0 bridgehead atoms. The fraction of sp³-hybridized carbons (Fsp3) is 0.417. The Morgan fingerprint density at radius 3 is 2.73 bits per heavy atom. The van der Waals surface area contributed by atoms with Crippen molar-refractivity contribution < 1.29 is 9.90 Å². The molecule has 30 heavy (non-hydrogen) atoms. The third kappa shape index (κ3) is 3.61. The zero-order chi connectivity index (χ0) is 20.7. The van der Waals surface area contributed by atoms with E-state index >= 15 is 0 Å². The van der Waals surface area contributed by atoms with Crippen LogP contribution in [0.15, 0.2) is 48.5 Å². The molecule has 0 spiro atoms. The predicted octanol–water partition coefficient (Wildman–Crippen LogP) is 3.61. The zero-order valence-electron chi connectivity index (χ0n) is 17.4. The van der Waals surface area contributed by atoms with Crippen LogP contribution in [0.5, 0.6) is 0 Å². The fourth-order valence-corrected chi connectivity index (χ4v) is 5.09. The van der Waals surface area contributed by atoms with Crippen molar-refractivity contribution in [2.45, 2.75) is 38.5 Å². The van der Waals surface area contributed by atoms with Gasteiger partial charge in [-0.3, -0.25) is 14.8 Å². The van der Waals surface area contributed by atoms with Crippen LogP contribution in [0.3, 0.4) is 0 Å².